The second kappa shape index (κ2) is 7.97. The highest BCUT2D eigenvalue weighted by molar-refractivity contribution is 6.30. The van der Waals surface area contributed by atoms with Crippen LogP contribution < -0.4 is 16.0 Å². The van der Waals surface area contributed by atoms with Gasteiger partial charge in [0.05, 0.1) is 5.41 Å². The molecule has 1 aliphatic rings. The summed E-state index contributed by atoms with van der Waals surface area (Å²) in [7, 11) is 0. The Balaban J connectivity index is 1.37. The van der Waals surface area contributed by atoms with Gasteiger partial charge in [-0.05, 0) is 66.9 Å². The summed E-state index contributed by atoms with van der Waals surface area (Å²) in [5, 5.41) is 9.13. The third kappa shape index (κ3) is 4.41. The van der Waals surface area contributed by atoms with Crippen LogP contribution in [0.2, 0.25) is 5.02 Å². The highest BCUT2D eigenvalue weighted by atomic mass is 35.5. The van der Waals surface area contributed by atoms with Gasteiger partial charge in [0.15, 0.2) is 0 Å². The van der Waals surface area contributed by atoms with Gasteiger partial charge in [0.25, 0.3) is 0 Å². The van der Waals surface area contributed by atoms with Crippen LogP contribution in [0.4, 0.5) is 21.9 Å². The van der Waals surface area contributed by atoms with Gasteiger partial charge in [0, 0.05) is 22.1 Å². The van der Waals surface area contributed by atoms with E-state index in [0.717, 1.165) is 18.4 Å². The predicted octanol–water partition coefficient (Wildman–Crippen LogP) is 5.65. The summed E-state index contributed by atoms with van der Waals surface area (Å²) in [4.78, 5) is 24.9. The summed E-state index contributed by atoms with van der Waals surface area (Å²) in [5.74, 6) is -0.0395. The molecule has 3 N–H and O–H groups in total. The van der Waals surface area contributed by atoms with Gasteiger partial charge in [-0.25, -0.2) is 4.79 Å². The minimum absolute atomic E-state index is 0.0395. The van der Waals surface area contributed by atoms with Crippen molar-refractivity contribution in [3.05, 3.63) is 89.4 Å². The summed E-state index contributed by atoms with van der Waals surface area (Å²) in [6.45, 7) is 0. The first-order chi connectivity index (χ1) is 14.0. The lowest BCUT2D eigenvalue weighted by molar-refractivity contribution is -0.118. The zero-order valence-corrected chi connectivity index (χ0v) is 16.4. The van der Waals surface area contributed by atoms with E-state index >= 15 is 0 Å². The van der Waals surface area contributed by atoms with Crippen LogP contribution in [0.1, 0.15) is 18.4 Å². The molecule has 0 aromatic heterocycles. The molecule has 3 aromatic carbocycles. The predicted molar refractivity (Wildman–Crippen MR) is 117 cm³/mol. The molecule has 146 valence electrons. The van der Waals surface area contributed by atoms with Crippen molar-refractivity contribution in [3.63, 3.8) is 0 Å². The third-order valence-corrected chi connectivity index (χ3v) is 5.23. The molecule has 0 aliphatic heterocycles. The quantitative estimate of drug-likeness (QED) is 0.513. The van der Waals surface area contributed by atoms with Crippen LogP contribution in [0.5, 0.6) is 0 Å². The van der Waals surface area contributed by atoms with E-state index in [1.165, 1.54) is 0 Å². The van der Waals surface area contributed by atoms with E-state index in [4.69, 9.17) is 11.6 Å². The third-order valence-electron chi connectivity index (χ3n) is 4.99. The van der Waals surface area contributed by atoms with Crippen molar-refractivity contribution in [2.75, 3.05) is 16.0 Å². The molecule has 5 nitrogen and oxygen atoms in total. The van der Waals surface area contributed by atoms with Gasteiger partial charge in [-0.15, -0.1) is 0 Å². The Labute approximate surface area is 174 Å². The Hall–Kier alpha value is -3.31. The molecule has 0 unspecified atom stereocenters. The number of para-hydroxylation sites is 1. The fourth-order valence-electron chi connectivity index (χ4n) is 3.26. The molecular weight excluding hydrogens is 386 g/mol. The lowest BCUT2D eigenvalue weighted by Gasteiger charge is -2.16. The maximum absolute atomic E-state index is 12.8. The molecule has 0 spiro atoms. The highest BCUT2D eigenvalue weighted by Gasteiger charge is 2.51. The molecule has 29 heavy (non-hydrogen) atoms. The number of nitrogens with one attached hydrogen (secondary N) is 3. The number of halogens is 1. The number of hydrogen-bond donors (Lipinski definition) is 3. The number of carbonyl (C=O) groups excluding carboxylic acids is 2. The van der Waals surface area contributed by atoms with Crippen LogP contribution in [0.25, 0.3) is 0 Å². The Kier molecular flexibility index (Phi) is 5.23. The molecule has 0 bridgehead atoms. The zero-order valence-electron chi connectivity index (χ0n) is 15.6. The molecule has 1 fully saturated rings. The average molecular weight is 406 g/mol. The summed E-state index contributed by atoms with van der Waals surface area (Å²) in [5.41, 5.74) is 2.46. The largest absolute Gasteiger partial charge is 0.325 e. The van der Waals surface area contributed by atoms with Crippen molar-refractivity contribution >= 4 is 40.6 Å². The fourth-order valence-corrected chi connectivity index (χ4v) is 3.45. The first-order valence-electron chi connectivity index (χ1n) is 9.36. The maximum atomic E-state index is 12.8. The molecule has 1 aliphatic carbocycles. The summed E-state index contributed by atoms with van der Waals surface area (Å²) in [6, 6.07) is 23.4. The summed E-state index contributed by atoms with van der Waals surface area (Å²) >= 11 is 6.08. The van der Waals surface area contributed by atoms with E-state index in [2.05, 4.69) is 16.0 Å². The SMILES string of the molecule is O=C(Nc1ccccc1)Nc1ccc(NC(=O)C2(c3cccc(Cl)c3)CC2)cc1. The lowest BCUT2D eigenvalue weighted by atomic mass is 9.95. The van der Waals surface area contributed by atoms with Gasteiger partial charge in [-0.3, -0.25) is 4.79 Å². The molecule has 4 rings (SSSR count). The number of urea groups is 1. The van der Waals surface area contributed by atoms with E-state index < -0.39 is 5.41 Å². The smallest absolute Gasteiger partial charge is 0.323 e. The van der Waals surface area contributed by atoms with E-state index in [0.29, 0.717) is 22.1 Å². The van der Waals surface area contributed by atoms with Gasteiger partial charge in [0.1, 0.15) is 0 Å². The van der Waals surface area contributed by atoms with Crippen molar-refractivity contribution in [2.45, 2.75) is 18.3 Å². The van der Waals surface area contributed by atoms with Crippen molar-refractivity contribution < 1.29 is 9.59 Å². The monoisotopic (exact) mass is 405 g/mol. The topological polar surface area (TPSA) is 70.2 Å². The first kappa shape index (κ1) is 19.0. The standard InChI is InChI=1S/C23H20ClN3O2/c24-17-6-4-5-16(15-17)23(13-14-23)21(28)25-19-9-11-20(12-10-19)27-22(29)26-18-7-2-1-3-8-18/h1-12,15H,13-14H2,(H,25,28)(H2,26,27,29). The minimum atomic E-state index is -0.503. The second-order valence-electron chi connectivity index (χ2n) is 7.07. The van der Waals surface area contributed by atoms with Crippen LogP contribution in [-0.2, 0) is 10.2 Å². The van der Waals surface area contributed by atoms with Crippen LogP contribution >= 0.6 is 11.6 Å². The Bertz CT molecular complexity index is 1030. The van der Waals surface area contributed by atoms with E-state index in [1.54, 1.807) is 30.3 Å². The van der Waals surface area contributed by atoms with Crippen LogP contribution in [0, 0.1) is 0 Å². The van der Waals surface area contributed by atoms with Crippen molar-refractivity contribution in [2.24, 2.45) is 0 Å². The Morgan fingerprint density at radius 1 is 0.724 bits per heavy atom. The Morgan fingerprint density at radius 3 is 1.90 bits per heavy atom. The fraction of sp³-hybridized carbons (Fsp3) is 0.130. The number of anilines is 3. The molecule has 3 amide bonds. The molecule has 0 radical (unpaired) electrons. The first-order valence-corrected chi connectivity index (χ1v) is 9.74. The van der Waals surface area contributed by atoms with Crippen molar-refractivity contribution in [3.8, 4) is 0 Å². The van der Waals surface area contributed by atoms with Gasteiger partial charge >= 0.3 is 6.03 Å². The van der Waals surface area contributed by atoms with Crippen LogP contribution in [-0.4, -0.2) is 11.9 Å². The molecule has 3 aromatic rings. The molecule has 1 saturated carbocycles. The van der Waals surface area contributed by atoms with Gasteiger partial charge in [-0.1, -0.05) is 41.9 Å². The molecule has 0 heterocycles. The van der Waals surface area contributed by atoms with Crippen molar-refractivity contribution in [1.82, 2.24) is 0 Å². The number of hydrogen-bond acceptors (Lipinski definition) is 2. The van der Waals surface area contributed by atoms with Crippen LogP contribution in [0.15, 0.2) is 78.9 Å². The number of benzene rings is 3. The molecule has 0 atom stereocenters. The molecular formula is C23H20ClN3O2. The second-order valence-corrected chi connectivity index (χ2v) is 7.51. The molecule has 6 heteroatoms. The van der Waals surface area contributed by atoms with E-state index in [1.807, 2.05) is 48.5 Å². The number of amides is 3. The zero-order chi connectivity index (χ0) is 20.3. The van der Waals surface area contributed by atoms with Crippen LogP contribution in [0.3, 0.4) is 0 Å². The normalized spacial score (nSPS) is 14.0. The summed E-state index contributed by atoms with van der Waals surface area (Å²) < 4.78 is 0. The molecule has 0 saturated heterocycles. The maximum Gasteiger partial charge on any atom is 0.323 e. The lowest BCUT2D eigenvalue weighted by Crippen LogP contribution is -2.27. The van der Waals surface area contributed by atoms with Gasteiger partial charge in [0.2, 0.25) is 5.91 Å². The van der Waals surface area contributed by atoms with Gasteiger partial charge < -0.3 is 16.0 Å². The average Bonchev–Trinajstić information content (AvgIpc) is 3.52. The van der Waals surface area contributed by atoms with E-state index in [9.17, 15) is 9.59 Å². The minimum Gasteiger partial charge on any atom is -0.325 e. The Morgan fingerprint density at radius 2 is 1.31 bits per heavy atom. The highest BCUT2D eigenvalue weighted by Crippen LogP contribution is 2.49. The summed E-state index contributed by atoms with van der Waals surface area (Å²) in [6.07, 6.45) is 1.61. The number of rotatable bonds is 5. The van der Waals surface area contributed by atoms with E-state index in [-0.39, 0.29) is 11.9 Å². The van der Waals surface area contributed by atoms with Gasteiger partial charge in [-0.2, -0.15) is 0 Å². The number of carbonyl (C=O) groups is 2. The van der Waals surface area contributed by atoms with Crippen molar-refractivity contribution in [1.29, 1.82) is 0 Å².